The third-order valence-electron chi connectivity index (χ3n) is 1.33. The summed E-state index contributed by atoms with van der Waals surface area (Å²) in [6.07, 6.45) is -4.91. The van der Waals surface area contributed by atoms with E-state index in [0.29, 0.717) is 0 Å². The Morgan fingerprint density at radius 1 is 1.13 bits per heavy atom. The molecule has 0 aliphatic heterocycles. The SMILES string of the molecule is Oc1c(Cl)cc(OC(F)(F)F)c(Cl)c1Cl. The zero-order valence-electron chi connectivity index (χ0n) is 6.70. The van der Waals surface area contributed by atoms with Gasteiger partial charge in [0.15, 0.2) is 11.5 Å². The first-order valence-electron chi connectivity index (χ1n) is 3.34. The molecule has 1 aromatic rings. The topological polar surface area (TPSA) is 29.5 Å². The molecule has 0 bridgehead atoms. The van der Waals surface area contributed by atoms with E-state index in [-0.39, 0.29) is 5.02 Å². The van der Waals surface area contributed by atoms with Gasteiger partial charge in [-0.15, -0.1) is 13.2 Å². The first kappa shape index (κ1) is 12.5. The van der Waals surface area contributed by atoms with Gasteiger partial charge in [-0.3, -0.25) is 0 Å². The molecule has 0 aliphatic carbocycles. The highest BCUT2D eigenvalue weighted by molar-refractivity contribution is 6.45. The van der Waals surface area contributed by atoms with Crippen molar-refractivity contribution >= 4 is 34.8 Å². The summed E-state index contributed by atoms with van der Waals surface area (Å²) in [5.74, 6) is -1.37. The maximum Gasteiger partial charge on any atom is 0.573 e. The average Bonchev–Trinajstić information content (AvgIpc) is 2.08. The molecule has 0 amide bonds. The zero-order chi connectivity index (χ0) is 11.8. The Morgan fingerprint density at radius 3 is 2.13 bits per heavy atom. The van der Waals surface area contributed by atoms with Gasteiger partial charge in [0.1, 0.15) is 10.0 Å². The van der Waals surface area contributed by atoms with Crippen molar-refractivity contribution in [2.75, 3.05) is 0 Å². The van der Waals surface area contributed by atoms with Crippen LogP contribution in [-0.4, -0.2) is 11.5 Å². The monoisotopic (exact) mass is 280 g/mol. The molecule has 0 heterocycles. The summed E-state index contributed by atoms with van der Waals surface area (Å²) in [4.78, 5) is 0. The van der Waals surface area contributed by atoms with Gasteiger partial charge in [0.05, 0.1) is 5.02 Å². The molecule has 0 saturated heterocycles. The van der Waals surface area contributed by atoms with Crippen LogP contribution in [0.3, 0.4) is 0 Å². The molecule has 15 heavy (non-hydrogen) atoms. The fourth-order valence-corrected chi connectivity index (χ4v) is 1.38. The summed E-state index contributed by atoms with van der Waals surface area (Å²) in [5.41, 5.74) is 0. The summed E-state index contributed by atoms with van der Waals surface area (Å²) in [5, 5.41) is 7.68. The molecular formula is C7H2Cl3F3O2. The first-order valence-corrected chi connectivity index (χ1v) is 4.48. The molecule has 0 unspecified atom stereocenters. The predicted octanol–water partition coefficient (Wildman–Crippen LogP) is 4.25. The van der Waals surface area contributed by atoms with Crippen LogP contribution in [0.1, 0.15) is 0 Å². The zero-order valence-corrected chi connectivity index (χ0v) is 8.97. The van der Waals surface area contributed by atoms with Gasteiger partial charge in [0.25, 0.3) is 0 Å². The lowest BCUT2D eigenvalue weighted by atomic mass is 10.3. The van der Waals surface area contributed by atoms with Crippen molar-refractivity contribution in [2.45, 2.75) is 6.36 Å². The number of halogens is 6. The number of hydrogen-bond donors (Lipinski definition) is 1. The van der Waals surface area contributed by atoms with Crippen LogP contribution < -0.4 is 4.74 Å². The van der Waals surface area contributed by atoms with E-state index in [1.165, 1.54) is 0 Å². The van der Waals surface area contributed by atoms with Crippen LogP contribution in [0.4, 0.5) is 13.2 Å². The van der Waals surface area contributed by atoms with E-state index in [4.69, 9.17) is 39.9 Å². The Labute approximate surface area is 97.1 Å². The maximum absolute atomic E-state index is 11.9. The second kappa shape index (κ2) is 4.15. The molecule has 1 aromatic carbocycles. The fraction of sp³-hybridized carbons (Fsp3) is 0.143. The van der Waals surface area contributed by atoms with Crippen LogP contribution in [0.5, 0.6) is 11.5 Å². The number of benzene rings is 1. The van der Waals surface area contributed by atoms with Crippen LogP contribution in [0.25, 0.3) is 0 Å². The second-order valence-electron chi connectivity index (χ2n) is 2.38. The van der Waals surface area contributed by atoms with Crippen LogP contribution in [0.2, 0.25) is 15.1 Å². The Morgan fingerprint density at radius 2 is 1.67 bits per heavy atom. The van der Waals surface area contributed by atoms with Gasteiger partial charge in [-0.1, -0.05) is 34.8 Å². The fourth-order valence-electron chi connectivity index (χ4n) is 0.763. The molecular weight excluding hydrogens is 279 g/mol. The van der Waals surface area contributed by atoms with Gasteiger partial charge in [0, 0.05) is 6.07 Å². The first-order chi connectivity index (χ1) is 6.72. The maximum atomic E-state index is 11.9. The van der Waals surface area contributed by atoms with E-state index < -0.39 is 27.9 Å². The van der Waals surface area contributed by atoms with Crippen molar-refractivity contribution in [3.05, 3.63) is 21.1 Å². The van der Waals surface area contributed by atoms with Crippen molar-refractivity contribution in [3.63, 3.8) is 0 Å². The van der Waals surface area contributed by atoms with E-state index in [0.717, 1.165) is 6.07 Å². The normalized spacial score (nSPS) is 11.6. The minimum absolute atomic E-state index is 0.386. The molecule has 84 valence electrons. The molecule has 0 aromatic heterocycles. The number of aromatic hydroxyl groups is 1. The van der Waals surface area contributed by atoms with Gasteiger partial charge in [-0.2, -0.15) is 0 Å². The van der Waals surface area contributed by atoms with E-state index in [1.807, 2.05) is 0 Å². The Kier molecular flexibility index (Phi) is 3.48. The average molecular weight is 281 g/mol. The van der Waals surface area contributed by atoms with Crippen LogP contribution in [0.15, 0.2) is 6.07 Å². The van der Waals surface area contributed by atoms with Gasteiger partial charge in [0.2, 0.25) is 0 Å². The second-order valence-corrected chi connectivity index (χ2v) is 3.54. The summed E-state index contributed by atoms with van der Waals surface area (Å²) in [7, 11) is 0. The van der Waals surface area contributed by atoms with Crippen molar-refractivity contribution in [1.29, 1.82) is 0 Å². The van der Waals surface area contributed by atoms with Gasteiger partial charge in [-0.05, 0) is 0 Å². The van der Waals surface area contributed by atoms with Crippen LogP contribution >= 0.6 is 34.8 Å². The molecule has 0 fully saturated rings. The van der Waals surface area contributed by atoms with Crippen molar-refractivity contribution in [3.8, 4) is 11.5 Å². The van der Waals surface area contributed by atoms with Gasteiger partial charge in [-0.25, -0.2) is 0 Å². The predicted molar refractivity (Wildman–Crippen MR) is 49.8 cm³/mol. The number of rotatable bonds is 1. The van der Waals surface area contributed by atoms with E-state index in [9.17, 15) is 13.2 Å². The highest BCUT2D eigenvalue weighted by atomic mass is 35.5. The molecule has 0 aliphatic rings. The molecule has 0 atom stereocenters. The van der Waals surface area contributed by atoms with E-state index >= 15 is 0 Å². The molecule has 2 nitrogen and oxygen atoms in total. The highest BCUT2D eigenvalue weighted by Gasteiger charge is 2.33. The third-order valence-corrected chi connectivity index (χ3v) is 2.45. The molecule has 8 heteroatoms. The summed E-state index contributed by atoms with van der Waals surface area (Å²) < 4.78 is 39.1. The lowest BCUT2D eigenvalue weighted by molar-refractivity contribution is -0.274. The summed E-state index contributed by atoms with van der Waals surface area (Å²) in [6.45, 7) is 0. The molecule has 0 radical (unpaired) electrons. The van der Waals surface area contributed by atoms with Gasteiger partial charge >= 0.3 is 6.36 Å². The number of phenols is 1. The van der Waals surface area contributed by atoms with Crippen molar-refractivity contribution < 1.29 is 23.0 Å². The Hall–Kier alpha value is -0.520. The molecule has 0 saturated carbocycles. The number of alkyl halides is 3. The standard InChI is InChI=1S/C7H2Cl3F3O2/c8-2-1-3(15-7(11,12)13)4(9)5(10)6(2)14/h1,14H. The molecule has 0 spiro atoms. The van der Waals surface area contributed by atoms with Crippen LogP contribution in [0, 0.1) is 0 Å². The number of ether oxygens (including phenoxy) is 1. The summed E-state index contributed by atoms with van der Waals surface area (Å²) >= 11 is 16.2. The molecule has 1 rings (SSSR count). The largest absolute Gasteiger partial charge is 0.573 e. The smallest absolute Gasteiger partial charge is 0.505 e. The number of phenolic OH excluding ortho intramolecular Hbond substituents is 1. The Balaban J connectivity index is 3.21. The lowest BCUT2D eigenvalue weighted by Crippen LogP contribution is -2.17. The van der Waals surface area contributed by atoms with Crippen LogP contribution in [-0.2, 0) is 0 Å². The Bertz CT molecular complexity index is 392. The van der Waals surface area contributed by atoms with Gasteiger partial charge < -0.3 is 9.84 Å². The quantitative estimate of drug-likeness (QED) is 0.780. The van der Waals surface area contributed by atoms with E-state index in [2.05, 4.69) is 4.74 Å². The van der Waals surface area contributed by atoms with Crippen molar-refractivity contribution in [2.24, 2.45) is 0 Å². The number of hydrogen-bond acceptors (Lipinski definition) is 2. The highest BCUT2D eigenvalue weighted by Crippen LogP contribution is 2.44. The summed E-state index contributed by atoms with van der Waals surface area (Å²) in [6, 6.07) is 0.721. The van der Waals surface area contributed by atoms with Crippen molar-refractivity contribution in [1.82, 2.24) is 0 Å². The molecule has 1 N–H and O–H groups in total. The minimum atomic E-state index is -4.91. The minimum Gasteiger partial charge on any atom is -0.505 e. The lowest BCUT2D eigenvalue weighted by Gasteiger charge is -2.12. The van der Waals surface area contributed by atoms with E-state index in [1.54, 1.807) is 0 Å². The third kappa shape index (κ3) is 2.96.